The third-order valence-corrected chi connectivity index (χ3v) is 10.1. The van der Waals surface area contributed by atoms with E-state index in [0.717, 1.165) is 54.8 Å². The Morgan fingerprint density at radius 1 is 0.579 bits per heavy atom. The van der Waals surface area contributed by atoms with Crippen molar-refractivity contribution in [2.24, 2.45) is 0 Å². The molecule has 0 aliphatic heterocycles. The zero-order valence-electron chi connectivity index (χ0n) is 25.2. The minimum atomic E-state index is -3.83. The van der Waals surface area contributed by atoms with Crippen LogP contribution in [0.1, 0.15) is 118 Å². The Labute approximate surface area is 239 Å². The maximum atomic E-state index is 10.9. The Balaban J connectivity index is 3.85. The van der Waals surface area contributed by atoms with Crippen molar-refractivity contribution in [3.63, 3.8) is 0 Å². The number of rotatable bonds is 29. The molecule has 0 saturated carbocycles. The van der Waals surface area contributed by atoms with Crippen molar-refractivity contribution in [2.75, 3.05) is 63.9 Å². The molecule has 0 heterocycles. The Kier molecular flexibility index (Phi) is 23.8. The monoisotopic (exact) mass is 586 g/mol. The molecule has 0 spiro atoms. The van der Waals surface area contributed by atoms with E-state index in [0.29, 0.717) is 6.42 Å². The van der Waals surface area contributed by atoms with Crippen LogP contribution in [0.15, 0.2) is 0 Å². The summed E-state index contributed by atoms with van der Waals surface area (Å²) in [6, 6.07) is 0. The lowest BCUT2D eigenvalue weighted by Gasteiger charge is -2.37. The summed E-state index contributed by atoms with van der Waals surface area (Å²) in [6.07, 6.45) is 16.9. The summed E-state index contributed by atoms with van der Waals surface area (Å²) in [6.45, 7) is 18.4. The fourth-order valence-corrected chi connectivity index (χ4v) is 6.64. The van der Waals surface area contributed by atoms with Gasteiger partial charge in [0, 0.05) is 17.8 Å². The van der Waals surface area contributed by atoms with Gasteiger partial charge >= 0.3 is 0 Å². The van der Waals surface area contributed by atoms with E-state index in [2.05, 4.69) is 37.1 Å². The molecule has 0 amide bonds. The minimum Gasteiger partial charge on any atom is -0.324 e. The van der Waals surface area contributed by atoms with Gasteiger partial charge in [-0.1, -0.05) is 43.6 Å². The van der Waals surface area contributed by atoms with Gasteiger partial charge in [0.25, 0.3) is 10.1 Å². The highest BCUT2D eigenvalue weighted by Gasteiger charge is 2.23. The van der Waals surface area contributed by atoms with Gasteiger partial charge in [0.1, 0.15) is 0 Å². The Morgan fingerprint density at radius 3 is 1.26 bits per heavy atom. The normalized spacial score (nSPS) is 12.9. The van der Waals surface area contributed by atoms with Crippen LogP contribution in [0.3, 0.4) is 0 Å². The third-order valence-electron chi connectivity index (χ3n) is 8.67. The van der Waals surface area contributed by atoms with Crippen LogP contribution in [0.5, 0.6) is 0 Å². The van der Waals surface area contributed by atoms with E-state index in [1.165, 1.54) is 108 Å². The molecular formula is C28H62N2O6S2+2. The molecule has 0 aromatic heterocycles. The van der Waals surface area contributed by atoms with Gasteiger partial charge in [0.2, 0.25) is 0 Å². The smallest absolute Gasteiger partial charge is 0.264 e. The molecule has 0 saturated heterocycles. The van der Waals surface area contributed by atoms with Crippen LogP contribution in [0, 0.1) is 0 Å². The highest BCUT2D eigenvalue weighted by Crippen LogP contribution is 2.17. The molecule has 0 rings (SSSR count). The summed E-state index contributed by atoms with van der Waals surface area (Å²) in [5.74, 6) is 0.727. The molecule has 0 aromatic rings. The lowest BCUT2D eigenvalue weighted by atomic mass is 10.1. The molecule has 0 radical (unpaired) electrons. The van der Waals surface area contributed by atoms with E-state index < -0.39 is 10.1 Å². The fourth-order valence-electron chi connectivity index (χ4n) is 5.64. The largest absolute Gasteiger partial charge is 0.324 e. The SMILES string of the molecule is CC[N+](CC)(CCCCCCCCCCCC[N+](CC)(CC)CCCCS(=O)(=O)O)CCCCSOOO. The molecule has 0 bridgehead atoms. The van der Waals surface area contributed by atoms with Crippen LogP contribution >= 0.6 is 12.0 Å². The average Bonchev–Trinajstić information content (AvgIpc) is 2.91. The molecule has 0 fully saturated rings. The van der Waals surface area contributed by atoms with E-state index in [9.17, 15) is 8.42 Å². The van der Waals surface area contributed by atoms with Crippen LogP contribution in [0.4, 0.5) is 0 Å². The second kappa shape index (κ2) is 23.7. The molecular weight excluding hydrogens is 524 g/mol. The Hall–Kier alpha value is 0.0600. The lowest BCUT2D eigenvalue weighted by Crippen LogP contribution is -2.49. The van der Waals surface area contributed by atoms with E-state index in [1.807, 2.05) is 0 Å². The topological polar surface area (TPSA) is 93.1 Å². The van der Waals surface area contributed by atoms with E-state index in [4.69, 9.17) is 9.81 Å². The first-order valence-corrected chi connectivity index (χ1v) is 18.0. The number of hydrogen-bond acceptors (Lipinski definition) is 6. The van der Waals surface area contributed by atoms with Crippen LogP contribution in [0.25, 0.3) is 0 Å². The number of unbranched alkanes of at least 4 members (excludes halogenated alkanes) is 11. The molecule has 0 aromatic carbocycles. The molecule has 0 aliphatic rings. The zero-order valence-corrected chi connectivity index (χ0v) is 26.8. The quantitative estimate of drug-likeness (QED) is 0.0241. The molecule has 0 unspecified atom stereocenters. The zero-order chi connectivity index (χ0) is 28.6. The van der Waals surface area contributed by atoms with Gasteiger partial charge < -0.3 is 8.97 Å². The second-order valence-corrected chi connectivity index (χ2v) is 13.4. The lowest BCUT2D eigenvalue weighted by molar-refractivity contribution is -0.925. The van der Waals surface area contributed by atoms with Gasteiger partial charge in [-0.15, -0.1) is 4.33 Å². The number of quaternary nitrogens is 2. The maximum Gasteiger partial charge on any atom is 0.264 e. The standard InChI is InChI=1S/C28H60N2O6S2/c1-5-29(6-2,25-19-21-27-37-36-35-31)23-17-15-13-11-9-10-12-14-16-18-24-30(7-3,8-4)26-20-22-28-38(32,33)34/h5-28H2,1-4H3/p+2. The molecule has 2 N–H and O–H groups in total. The summed E-state index contributed by atoms with van der Waals surface area (Å²) in [5.41, 5.74) is 0. The predicted molar refractivity (Wildman–Crippen MR) is 160 cm³/mol. The first-order valence-electron chi connectivity index (χ1n) is 15.5. The Bertz CT molecular complexity index is 629. The summed E-state index contributed by atoms with van der Waals surface area (Å²) >= 11 is 1.16. The van der Waals surface area contributed by atoms with Crippen molar-refractivity contribution in [1.29, 1.82) is 0 Å². The minimum absolute atomic E-state index is 0.113. The van der Waals surface area contributed by atoms with E-state index in [-0.39, 0.29) is 5.75 Å². The molecule has 38 heavy (non-hydrogen) atoms. The predicted octanol–water partition coefficient (Wildman–Crippen LogP) is 7.12. The highest BCUT2D eigenvalue weighted by atomic mass is 32.2. The summed E-state index contributed by atoms with van der Waals surface area (Å²) in [4.78, 5) is 0. The third kappa shape index (κ3) is 20.0. The molecule has 230 valence electrons. The number of nitrogens with zero attached hydrogens (tertiary/aromatic N) is 2. The first-order chi connectivity index (χ1) is 18.2. The summed E-state index contributed by atoms with van der Waals surface area (Å²) in [7, 11) is -3.83. The highest BCUT2D eigenvalue weighted by molar-refractivity contribution is 7.94. The van der Waals surface area contributed by atoms with Crippen LogP contribution in [-0.2, 0) is 19.5 Å². The van der Waals surface area contributed by atoms with E-state index >= 15 is 0 Å². The van der Waals surface area contributed by atoms with Gasteiger partial charge in [-0.05, 0) is 79.1 Å². The molecule has 8 nitrogen and oxygen atoms in total. The van der Waals surface area contributed by atoms with Gasteiger partial charge in [0.05, 0.1) is 58.1 Å². The summed E-state index contributed by atoms with van der Waals surface area (Å²) in [5, 5.41) is 11.8. The van der Waals surface area contributed by atoms with Gasteiger partial charge in [0.15, 0.2) is 0 Å². The van der Waals surface area contributed by atoms with Crippen molar-refractivity contribution in [3.8, 4) is 0 Å². The van der Waals surface area contributed by atoms with Crippen LogP contribution in [0.2, 0.25) is 0 Å². The number of hydrogen-bond donors (Lipinski definition) is 2. The first kappa shape index (κ1) is 38.1. The van der Waals surface area contributed by atoms with Crippen molar-refractivity contribution in [2.45, 2.75) is 118 Å². The average molecular weight is 587 g/mol. The van der Waals surface area contributed by atoms with Gasteiger partial charge in [-0.3, -0.25) is 4.55 Å². The van der Waals surface area contributed by atoms with E-state index in [1.54, 1.807) is 0 Å². The van der Waals surface area contributed by atoms with Crippen molar-refractivity contribution >= 4 is 22.2 Å². The second-order valence-electron chi connectivity index (χ2n) is 11.0. The van der Waals surface area contributed by atoms with Crippen LogP contribution < -0.4 is 0 Å². The van der Waals surface area contributed by atoms with Crippen LogP contribution in [-0.4, -0.2) is 91.1 Å². The molecule has 10 heteroatoms. The Morgan fingerprint density at radius 2 is 0.921 bits per heavy atom. The van der Waals surface area contributed by atoms with Gasteiger partial charge in [-0.2, -0.15) is 8.42 Å². The maximum absolute atomic E-state index is 10.9. The fraction of sp³-hybridized carbons (Fsp3) is 1.00. The molecule has 0 aliphatic carbocycles. The van der Waals surface area contributed by atoms with Crippen molar-refractivity contribution in [1.82, 2.24) is 0 Å². The van der Waals surface area contributed by atoms with Crippen molar-refractivity contribution < 1.29 is 36.6 Å². The molecule has 0 atom stereocenters. The summed E-state index contributed by atoms with van der Waals surface area (Å²) < 4.78 is 37.5. The van der Waals surface area contributed by atoms with Crippen molar-refractivity contribution in [3.05, 3.63) is 0 Å². The van der Waals surface area contributed by atoms with Gasteiger partial charge in [-0.25, -0.2) is 5.26 Å².